The Hall–Kier alpha value is -0.650. The van der Waals surface area contributed by atoms with E-state index in [1.165, 1.54) is 19.2 Å². The fourth-order valence-corrected chi connectivity index (χ4v) is 3.49. The molecule has 0 fully saturated rings. The first kappa shape index (κ1) is 15.7. The third-order valence-corrected chi connectivity index (χ3v) is 4.52. The number of halogens is 5. The minimum absolute atomic E-state index is 0.440. The summed E-state index contributed by atoms with van der Waals surface area (Å²) < 4.78 is 32.6. The number of hydrogen-bond donors (Lipinski definition) is 0. The Morgan fingerprint density at radius 2 is 1.70 bits per heavy atom. The van der Waals surface area contributed by atoms with E-state index < -0.39 is 16.5 Å². The number of hydrogen-bond acceptors (Lipinski definition) is 1. The predicted molar refractivity (Wildman–Crippen MR) is 82.8 cm³/mol. The molecule has 0 aliphatic carbocycles. The van der Waals surface area contributed by atoms with Gasteiger partial charge in [0.25, 0.3) is 0 Å². The van der Waals surface area contributed by atoms with Crippen LogP contribution < -0.4 is 4.74 Å². The molecular weight excluding hydrogens is 417 g/mol. The molecule has 0 amide bonds. The van der Waals surface area contributed by atoms with E-state index >= 15 is 0 Å². The van der Waals surface area contributed by atoms with Crippen LogP contribution in [0.3, 0.4) is 0 Å². The van der Waals surface area contributed by atoms with Gasteiger partial charge >= 0.3 is 0 Å². The maximum atomic E-state index is 13.3. The molecule has 1 atom stereocenters. The van der Waals surface area contributed by atoms with Crippen LogP contribution in [-0.2, 0) is 0 Å². The molecule has 1 nitrogen and oxygen atoms in total. The molecule has 1 unspecified atom stereocenters. The predicted octanol–water partition coefficient (Wildman–Crippen LogP) is 5.87. The molecule has 6 heteroatoms. The van der Waals surface area contributed by atoms with Crippen molar-refractivity contribution in [1.82, 2.24) is 0 Å². The van der Waals surface area contributed by atoms with Crippen LogP contribution in [-0.4, -0.2) is 7.11 Å². The van der Waals surface area contributed by atoms with Crippen molar-refractivity contribution in [3.05, 3.63) is 62.6 Å². The highest BCUT2D eigenvalue weighted by molar-refractivity contribution is 9.10. The SMILES string of the molecule is COc1c(Br)cc(Cl)cc1C(Br)c1cc(F)cc(F)c1. The van der Waals surface area contributed by atoms with Gasteiger partial charge in [0.05, 0.1) is 16.4 Å². The van der Waals surface area contributed by atoms with E-state index in [0.717, 1.165) is 6.07 Å². The quantitative estimate of drug-likeness (QED) is 0.558. The molecule has 20 heavy (non-hydrogen) atoms. The number of ether oxygens (including phenoxy) is 1. The van der Waals surface area contributed by atoms with E-state index in [0.29, 0.717) is 26.4 Å². The first-order valence-electron chi connectivity index (χ1n) is 5.55. The van der Waals surface area contributed by atoms with E-state index in [-0.39, 0.29) is 0 Å². The van der Waals surface area contributed by atoms with Crippen molar-refractivity contribution in [2.45, 2.75) is 4.83 Å². The third kappa shape index (κ3) is 3.32. The Morgan fingerprint density at radius 1 is 1.10 bits per heavy atom. The zero-order valence-electron chi connectivity index (χ0n) is 10.3. The van der Waals surface area contributed by atoms with Crippen LogP contribution in [0.1, 0.15) is 16.0 Å². The van der Waals surface area contributed by atoms with Crippen LogP contribution >= 0.6 is 43.5 Å². The van der Waals surface area contributed by atoms with Crippen molar-refractivity contribution in [3.8, 4) is 5.75 Å². The molecule has 0 aliphatic rings. The molecule has 0 aliphatic heterocycles. The van der Waals surface area contributed by atoms with Crippen molar-refractivity contribution in [2.75, 3.05) is 7.11 Å². The van der Waals surface area contributed by atoms with E-state index in [1.54, 1.807) is 12.1 Å². The van der Waals surface area contributed by atoms with Gasteiger partial charge in [0, 0.05) is 16.7 Å². The van der Waals surface area contributed by atoms with Crippen LogP contribution in [0, 0.1) is 11.6 Å². The first-order valence-corrected chi connectivity index (χ1v) is 7.64. The van der Waals surface area contributed by atoms with E-state index in [9.17, 15) is 8.78 Å². The smallest absolute Gasteiger partial charge is 0.137 e. The van der Waals surface area contributed by atoms with Crippen molar-refractivity contribution in [3.63, 3.8) is 0 Å². The Labute approximate surface area is 137 Å². The molecule has 0 N–H and O–H groups in total. The lowest BCUT2D eigenvalue weighted by Crippen LogP contribution is -1.99. The second-order valence-corrected chi connectivity index (χ2v) is 6.28. The van der Waals surface area contributed by atoms with Crippen molar-refractivity contribution >= 4 is 43.5 Å². The Kier molecular flexibility index (Phi) is 5.04. The standard InChI is InChI=1S/C14H9Br2ClF2O/c1-20-14-11(4-8(17)5-12(14)15)13(16)7-2-9(18)6-10(19)3-7/h2-6,13H,1H3. The highest BCUT2D eigenvalue weighted by atomic mass is 79.9. The Bertz CT molecular complexity index is 629. The largest absolute Gasteiger partial charge is 0.495 e. The second-order valence-electron chi connectivity index (χ2n) is 4.08. The molecule has 106 valence electrons. The van der Waals surface area contributed by atoms with Gasteiger partial charge in [0.1, 0.15) is 17.4 Å². The van der Waals surface area contributed by atoms with Gasteiger partial charge in [0.2, 0.25) is 0 Å². The van der Waals surface area contributed by atoms with Crippen LogP contribution in [0.25, 0.3) is 0 Å². The second kappa shape index (κ2) is 6.41. The Balaban J connectivity index is 2.55. The van der Waals surface area contributed by atoms with Crippen LogP contribution in [0.15, 0.2) is 34.8 Å². The fraction of sp³-hybridized carbons (Fsp3) is 0.143. The molecular formula is C14H9Br2ClF2O. The molecule has 0 radical (unpaired) electrons. The summed E-state index contributed by atoms with van der Waals surface area (Å²) in [7, 11) is 1.52. The summed E-state index contributed by atoms with van der Waals surface area (Å²) in [5, 5.41) is 0.494. The lowest BCUT2D eigenvalue weighted by Gasteiger charge is -2.17. The zero-order valence-corrected chi connectivity index (χ0v) is 14.2. The monoisotopic (exact) mass is 424 g/mol. The van der Waals surface area contributed by atoms with Crippen LogP contribution in [0.4, 0.5) is 8.78 Å². The third-order valence-electron chi connectivity index (χ3n) is 2.69. The highest BCUT2D eigenvalue weighted by Gasteiger charge is 2.19. The van der Waals surface area contributed by atoms with Crippen molar-refractivity contribution in [2.24, 2.45) is 0 Å². The first-order chi connectivity index (χ1) is 9.42. The molecule has 2 aromatic carbocycles. The topological polar surface area (TPSA) is 9.23 Å². The fourth-order valence-electron chi connectivity index (χ4n) is 1.88. The van der Waals surface area contributed by atoms with Gasteiger partial charge in [-0.05, 0) is 45.8 Å². The summed E-state index contributed by atoms with van der Waals surface area (Å²) in [5.41, 5.74) is 1.12. The van der Waals surface area contributed by atoms with Gasteiger partial charge in [-0.15, -0.1) is 0 Å². The van der Waals surface area contributed by atoms with E-state index in [4.69, 9.17) is 16.3 Å². The Morgan fingerprint density at radius 3 is 2.25 bits per heavy atom. The van der Waals surface area contributed by atoms with Gasteiger partial charge in [-0.1, -0.05) is 27.5 Å². The molecule has 0 heterocycles. The molecule has 0 aromatic heterocycles. The average molecular weight is 426 g/mol. The number of methoxy groups -OCH3 is 1. The zero-order chi connectivity index (χ0) is 14.9. The van der Waals surface area contributed by atoms with Gasteiger partial charge in [-0.3, -0.25) is 0 Å². The molecule has 0 saturated carbocycles. The van der Waals surface area contributed by atoms with Crippen molar-refractivity contribution < 1.29 is 13.5 Å². The minimum Gasteiger partial charge on any atom is -0.495 e. The van der Waals surface area contributed by atoms with E-state index in [2.05, 4.69) is 31.9 Å². The molecule has 0 bridgehead atoms. The van der Waals surface area contributed by atoms with Crippen LogP contribution in [0.5, 0.6) is 5.75 Å². The summed E-state index contributed by atoms with van der Waals surface area (Å²) in [4.78, 5) is -0.447. The summed E-state index contributed by atoms with van der Waals surface area (Å²) in [6, 6.07) is 6.73. The summed E-state index contributed by atoms with van der Waals surface area (Å²) in [6.07, 6.45) is 0. The maximum Gasteiger partial charge on any atom is 0.137 e. The number of rotatable bonds is 3. The minimum atomic E-state index is -0.635. The maximum absolute atomic E-state index is 13.3. The van der Waals surface area contributed by atoms with Gasteiger partial charge in [-0.2, -0.15) is 0 Å². The van der Waals surface area contributed by atoms with E-state index in [1.807, 2.05) is 0 Å². The normalized spacial score (nSPS) is 12.3. The average Bonchev–Trinajstić information content (AvgIpc) is 2.35. The lowest BCUT2D eigenvalue weighted by molar-refractivity contribution is 0.407. The highest BCUT2D eigenvalue weighted by Crippen LogP contribution is 2.42. The number of alkyl halides is 1. The van der Waals surface area contributed by atoms with Gasteiger partial charge < -0.3 is 4.74 Å². The molecule has 0 spiro atoms. The molecule has 2 rings (SSSR count). The van der Waals surface area contributed by atoms with Gasteiger partial charge in [0.15, 0.2) is 0 Å². The van der Waals surface area contributed by atoms with Gasteiger partial charge in [-0.25, -0.2) is 8.78 Å². The lowest BCUT2D eigenvalue weighted by atomic mass is 10.0. The molecule has 2 aromatic rings. The summed E-state index contributed by atoms with van der Waals surface area (Å²) in [6.45, 7) is 0. The van der Waals surface area contributed by atoms with Crippen molar-refractivity contribution in [1.29, 1.82) is 0 Å². The summed E-state index contributed by atoms with van der Waals surface area (Å²) >= 11 is 12.8. The number of benzene rings is 2. The van der Waals surface area contributed by atoms with Crippen LogP contribution in [0.2, 0.25) is 5.02 Å². The summed E-state index contributed by atoms with van der Waals surface area (Å²) in [5.74, 6) is -0.713. The molecule has 0 saturated heterocycles.